The molecule has 2 aromatic heterocycles. The number of aromatic nitrogens is 4. The van der Waals surface area contributed by atoms with E-state index in [0.29, 0.717) is 5.16 Å². The predicted molar refractivity (Wildman–Crippen MR) is 128 cm³/mol. The number of hydrogen-bond donors (Lipinski definition) is 1. The van der Waals surface area contributed by atoms with Crippen molar-refractivity contribution in [3.63, 3.8) is 0 Å². The molecule has 0 fully saturated rings. The Bertz CT molecular complexity index is 1360. The van der Waals surface area contributed by atoms with E-state index in [9.17, 15) is 4.79 Å². The molecular formula is C25H19N5OS. The van der Waals surface area contributed by atoms with Gasteiger partial charge in [-0.05, 0) is 36.4 Å². The second kappa shape index (κ2) is 9.03. The number of carbonyl (C=O) groups is 1. The smallest absolute Gasteiger partial charge is 0.234 e. The van der Waals surface area contributed by atoms with Crippen molar-refractivity contribution >= 4 is 34.3 Å². The second-order valence-electron chi connectivity index (χ2n) is 7.06. The van der Waals surface area contributed by atoms with Gasteiger partial charge in [0.15, 0.2) is 11.0 Å². The Hall–Kier alpha value is -3.97. The molecule has 3 aromatic carbocycles. The summed E-state index contributed by atoms with van der Waals surface area (Å²) in [5.74, 6) is 0.825. The van der Waals surface area contributed by atoms with Crippen molar-refractivity contribution in [3.05, 3.63) is 97.2 Å². The van der Waals surface area contributed by atoms with Gasteiger partial charge in [-0.2, -0.15) is 0 Å². The number of nitrogens with zero attached hydrogens (tertiary/aromatic N) is 4. The van der Waals surface area contributed by atoms with Crippen LogP contribution >= 0.6 is 11.8 Å². The maximum Gasteiger partial charge on any atom is 0.234 e. The third-order valence-electron chi connectivity index (χ3n) is 4.93. The average molecular weight is 438 g/mol. The molecule has 1 N–H and O–H groups in total. The molecule has 0 spiro atoms. The molecule has 7 heteroatoms. The van der Waals surface area contributed by atoms with Crippen LogP contribution in [0.25, 0.3) is 28.0 Å². The van der Waals surface area contributed by atoms with Gasteiger partial charge in [0.2, 0.25) is 5.91 Å². The summed E-state index contributed by atoms with van der Waals surface area (Å²) in [6, 6.07) is 29.3. The van der Waals surface area contributed by atoms with Crippen LogP contribution < -0.4 is 5.32 Å². The lowest BCUT2D eigenvalue weighted by atomic mass is 10.2. The minimum absolute atomic E-state index is 0.116. The van der Waals surface area contributed by atoms with E-state index in [4.69, 9.17) is 0 Å². The summed E-state index contributed by atoms with van der Waals surface area (Å²) in [7, 11) is 0. The van der Waals surface area contributed by atoms with E-state index in [-0.39, 0.29) is 11.7 Å². The highest BCUT2D eigenvalue weighted by Gasteiger charge is 2.17. The molecule has 0 atom stereocenters. The largest absolute Gasteiger partial charge is 0.325 e. The first kappa shape index (κ1) is 20.0. The van der Waals surface area contributed by atoms with E-state index in [1.807, 2.05) is 95.6 Å². The minimum Gasteiger partial charge on any atom is -0.325 e. The van der Waals surface area contributed by atoms with Crippen LogP contribution in [0, 0.1) is 0 Å². The molecule has 6 nitrogen and oxygen atoms in total. The van der Waals surface area contributed by atoms with Gasteiger partial charge in [0.05, 0.1) is 17.0 Å². The summed E-state index contributed by atoms with van der Waals surface area (Å²) in [6.45, 7) is 0. The number of anilines is 1. The van der Waals surface area contributed by atoms with Gasteiger partial charge in [0.25, 0.3) is 0 Å². The topological polar surface area (TPSA) is 72.7 Å². The van der Waals surface area contributed by atoms with Crippen molar-refractivity contribution in [3.8, 4) is 17.1 Å². The van der Waals surface area contributed by atoms with E-state index < -0.39 is 0 Å². The summed E-state index contributed by atoms with van der Waals surface area (Å²) in [4.78, 5) is 17.1. The molecule has 32 heavy (non-hydrogen) atoms. The van der Waals surface area contributed by atoms with Crippen LogP contribution in [0.15, 0.2) is 102 Å². The molecule has 0 radical (unpaired) electrons. The summed E-state index contributed by atoms with van der Waals surface area (Å²) in [6.07, 6.45) is 1.74. The molecule has 5 rings (SSSR count). The number of pyridine rings is 1. The molecular weight excluding hydrogens is 418 g/mol. The molecule has 0 aliphatic carbocycles. The van der Waals surface area contributed by atoms with E-state index in [1.54, 1.807) is 6.20 Å². The van der Waals surface area contributed by atoms with Crippen molar-refractivity contribution < 1.29 is 4.79 Å². The van der Waals surface area contributed by atoms with E-state index >= 15 is 0 Å². The molecule has 0 aliphatic rings. The van der Waals surface area contributed by atoms with E-state index in [0.717, 1.165) is 33.7 Å². The van der Waals surface area contributed by atoms with Crippen molar-refractivity contribution in [2.75, 3.05) is 11.1 Å². The number of amides is 1. The van der Waals surface area contributed by atoms with Crippen molar-refractivity contribution in [2.24, 2.45) is 0 Å². The highest BCUT2D eigenvalue weighted by atomic mass is 32.2. The van der Waals surface area contributed by atoms with Gasteiger partial charge >= 0.3 is 0 Å². The summed E-state index contributed by atoms with van der Waals surface area (Å²) >= 11 is 1.35. The molecule has 0 unspecified atom stereocenters. The molecule has 156 valence electrons. The molecule has 5 aromatic rings. The molecule has 0 saturated carbocycles. The lowest BCUT2D eigenvalue weighted by Gasteiger charge is -2.11. The average Bonchev–Trinajstić information content (AvgIpc) is 3.28. The van der Waals surface area contributed by atoms with Crippen LogP contribution in [0.3, 0.4) is 0 Å². The lowest BCUT2D eigenvalue weighted by molar-refractivity contribution is -0.113. The van der Waals surface area contributed by atoms with Crippen molar-refractivity contribution in [1.29, 1.82) is 0 Å². The van der Waals surface area contributed by atoms with Gasteiger partial charge in [-0.1, -0.05) is 66.4 Å². The van der Waals surface area contributed by atoms with E-state index in [1.165, 1.54) is 11.8 Å². The highest BCUT2D eigenvalue weighted by molar-refractivity contribution is 7.99. The molecule has 2 heterocycles. The maximum atomic E-state index is 12.7. The number of carbonyl (C=O) groups excluding carboxylic acids is 1. The third-order valence-corrected chi connectivity index (χ3v) is 5.86. The SMILES string of the molecule is O=C(CSc1nnc(-c2ccccc2)n1-c1ccccc1)Nc1cccc2ncccc12. The van der Waals surface area contributed by atoms with Gasteiger partial charge in [-0.15, -0.1) is 10.2 Å². The Morgan fingerprint density at radius 2 is 1.62 bits per heavy atom. The lowest BCUT2D eigenvalue weighted by Crippen LogP contribution is -2.15. The number of benzene rings is 3. The quantitative estimate of drug-likeness (QED) is 0.369. The number of fused-ring (bicyclic) bond motifs is 1. The number of nitrogens with one attached hydrogen (secondary N) is 1. The van der Waals surface area contributed by atoms with Crippen LogP contribution in [0.2, 0.25) is 0 Å². The first-order valence-corrected chi connectivity index (χ1v) is 11.1. The monoisotopic (exact) mass is 437 g/mol. The first-order chi connectivity index (χ1) is 15.8. The van der Waals surface area contributed by atoms with E-state index in [2.05, 4.69) is 20.5 Å². The van der Waals surface area contributed by atoms with Crippen LogP contribution in [0.1, 0.15) is 0 Å². The molecule has 0 bridgehead atoms. The number of rotatable bonds is 6. The van der Waals surface area contributed by atoms with Gasteiger partial charge in [-0.3, -0.25) is 14.3 Å². The Morgan fingerprint density at radius 3 is 2.44 bits per heavy atom. The highest BCUT2D eigenvalue weighted by Crippen LogP contribution is 2.28. The van der Waals surface area contributed by atoms with Crippen molar-refractivity contribution in [1.82, 2.24) is 19.7 Å². The number of hydrogen-bond acceptors (Lipinski definition) is 5. The first-order valence-electron chi connectivity index (χ1n) is 10.1. The summed E-state index contributed by atoms with van der Waals surface area (Å²) in [5, 5.41) is 13.4. The molecule has 0 aliphatic heterocycles. The summed E-state index contributed by atoms with van der Waals surface area (Å²) in [5.41, 5.74) is 3.49. The van der Waals surface area contributed by atoms with Gasteiger partial charge in [0, 0.05) is 22.8 Å². The minimum atomic E-state index is -0.116. The molecule has 0 saturated heterocycles. The Kier molecular flexibility index (Phi) is 5.63. The molecule has 1 amide bonds. The van der Waals surface area contributed by atoms with Crippen molar-refractivity contribution in [2.45, 2.75) is 5.16 Å². The van der Waals surface area contributed by atoms with Crippen LogP contribution in [0.5, 0.6) is 0 Å². The zero-order valence-electron chi connectivity index (χ0n) is 17.1. The fourth-order valence-corrected chi connectivity index (χ4v) is 4.23. The standard InChI is InChI=1S/C25H19N5OS/c31-23(27-22-15-7-14-21-20(22)13-8-16-26-21)17-32-25-29-28-24(18-9-3-1-4-10-18)30(25)19-11-5-2-6-12-19/h1-16H,17H2,(H,27,31). The van der Waals surface area contributed by atoms with Crippen LogP contribution in [-0.4, -0.2) is 31.4 Å². The Balaban J connectivity index is 1.40. The fraction of sp³-hybridized carbons (Fsp3) is 0.0400. The maximum absolute atomic E-state index is 12.7. The third kappa shape index (κ3) is 4.10. The second-order valence-corrected chi connectivity index (χ2v) is 8.00. The zero-order chi connectivity index (χ0) is 21.8. The fourth-order valence-electron chi connectivity index (χ4n) is 3.48. The zero-order valence-corrected chi connectivity index (χ0v) is 17.9. The number of thioether (sulfide) groups is 1. The predicted octanol–water partition coefficient (Wildman–Crippen LogP) is 5.21. The van der Waals surface area contributed by atoms with Gasteiger partial charge in [0.1, 0.15) is 0 Å². The Labute approximate surface area is 189 Å². The summed E-state index contributed by atoms with van der Waals surface area (Å²) < 4.78 is 1.98. The van der Waals surface area contributed by atoms with Crippen LogP contribution in [-0.2, 0) is 4.79 Å². The van der Waals surface area contributed by atoms with Gasteiger partial charge < -0.3 is 5.32 Å². The Morgan fingerprint density at radius 1 is 0.844 bits per heavy atom. The number of para-hydroxylation sites is 1. The van der Waals surface area contributed by atoms with Gasteiger partial charge in [-0.25, -0.2) is 0 Å². The normalized spacial score (nSPS) is 10.9. The van der Waals surface area contributed by atoms with Crippen LogP contribution in [0.4, 0.5) is 5.69 Å².